The number of pyridine rings is 1. The van der Waals surface area contributed by atoms with Crippen LogP contribution in [0.15, 0.2) is 84.9 Å². The Bertz CT molecular complexity index is 1650. The number of hydrogen-bond donors (Lipinski definition) is 0. The van der Waals surface area contributed by atoms with Crippen molar-refractivity contribution in [2.24, 2.45) is 0 Å². The molecule has 5 rings (SSSR count). The number of ketones is 1. The number of para-hydroxylation sites is 2. The van der Waals surface area contributed by atoms with Gasteiger partial charge in [-0.05, 0) is 62.7 Å². The molecule has 0 aliphatic carbocycles. The van der Waals surface area contributed by atoms with Crippen LogP contribution < -0.4 is 0 Å². The first-order valence-corrected chi connectivity index (χ1v) is 12.3. The Balaban J connectivity index is 1.46. The summed E-state index contributed by atoms with van der Waals surface area (Å²) in [4.78, 5) is 31.4. The monoisotopic (exact) mass is 508 g/mol. The molecule has 0 N–H and O–H groups in total. The van der Waals surface area contributed by atoms with Gasteiger partial charge in [0, 0.05) is 38.6 Å². The fourth-order valence-corrected chi connectivity index (χ4v) is 4.98. The second-order valence-electron chi connectivity index (χ2n) is 8.94. The molecule has 2 aromatic heterocycles. The Hall–Kier alpha value is -4.22. The van der Waals surface area contributed by atoms with E-state index >= 15 is 0 Å². The topological polar surface area (TPSA) is 61.2 Å². The van der Waals surface area contributed by atoms with E-state index in [1.54, 1.807) is 6.07 Å². The highest BCUT2D eigenvalue weighted by Gasteiger charge is 2.23. The summed E-state index contributed by atoms with van der Waals surface area (Å²) in [5, 5.41) is 1.25. The molecule has 0 bridgehead atoms. The number of aryl methyl sites for hydroxylation is 1. The molecule has 0 atom stereocenters. The van der Waals surface area contributed by atoms with Crippen LogP contribution in [-0.2, 0) is 4.74 Å². The quantitative estimate of drug-likeness (QED) is 0.178. The summed E-state index contributed by atoms with van der Waals surface area (Å²) in [6.07, 6.45) is 0. The first kappa shape index (κ1) is 24.5. The van der Waals surface area contributed by atoms with Crippen molar-refractivity contribution in [3.05, 3.63) is 118 Å². The van der Waals surface area contributed by atoms with Gasteiger partial charge in [-0.15, -0.1) is 0 Å². The van der Waals surface area contributed by atoms with Gasteiger partial charge < -0.3 is 9.30 Å². The Morgan fingerprint density at radius 1 is 0.892 bits per heavy atom. The van der Waals surface area contributed by atoms with E-state index in [9.17, 15) is 9.59 Å². The van der Waals surface area contributed by atoms with Gasteiger partial charge in [0.2, 0.25) is 5.78 Å². The summed E-state index contributed by atoms with van der Waals surface area (Å²) in [7, 11) is 0. The van der Waals surface area contributed by atoms with E-state index < -0.39 is 5.97 Å². The molecule has 0 unspecified atom stereocenters. The minimum absolute atomic E-state index is 0.255. The van der Waals surface area contributed by atoms with Gasteiger partial charge in [0.05, 0.1) is 16.8 Å². The smallest absolute Gasteiger partial charge is 0.339 e. The van der Waals surface area contributed by atoms with Crippen LogP contribution in [0, 0.1) is 20.8 Å². The van der Waals surface area contributed by atoms with Gasteiger partial charge in [0.1, 0.15) is 0 Å². The standard InChI is InChI=1S/C31H25ClN2O3/c1-19-16-26(21(3)34(19)24-12-5-4-6-13-24)28(35)18-37-31(36)29-20(2)30(22-10-9-11-23(32)17-22)33-27-15-8-7-14-25(27)29/h4-17H,18H2,1-3H3. The van der Waals surface area contributed by atoms with E-state index in [1.807, 2.05) is 104 Å². The van der Waals surface area contributed by atoms with E-state index in [0.29, 0.717) is 38.3 Å². The van der Waals surface area contributed by atoms with Gasteiger partial charge in [-0.1, -0.05) is 60.1 Å². The van der Waals surface area contributed by atoms with Gasteiger partial charge >= 0.3 is 5.97 Å². The highest BCUT2D eigenvalue weighted by Crippen LogP contribution is 2.31. The SMILES string of the molecule is Cc1c(-c2cccc(Cl)c2)nc2ccccc2c1C(=O)OCC(=O)c1cc(C)n(-c2ccccc2)c1C. The van der Waals surface area contributed by atoms with Crippen molar-refractivity contribution in [2.45, 2.75) is 20.8 Å². The zero-order valence-corrected chi connectivity index (χ0v) is 21.5. The number of benzene rings is 3. The number of aromatic nitrogens is 2. The van der Waals surface area contributed by atoms with Gasteiger partial charge in [-0.3, -0.25) is 4.79 Å². The first-order valence-electron chi connectivity index (χ1n) is 11.9. The summed E-state index contributed by atoms with van der Waals surface area (Å²) >= 11 is 6.22. The second-order valence-corrected chi connectivity index (χ2v) is 9.38. The highest BCUT2D eigenvalue weighted by atomic mass is 35.5. The molecule has 0 amide bonds. The normalized spacial score (nSPS) is 11.0. The number of hydrogen-bond acceptors (Lipinski definition) is 4. The Morgan fingerprint density at radius 2 is 1.62 bits per heavy atom. The van der Waals surface area contributed by atoms with Crippen molar-refractivity contribution < 1.29 is 14.3 Å². The van der Waals surface area contributed by atoms with Crippen molar-refractivity contribution in [1.29, 1.82) is 0 Å². The summed E-state index contributed by atoms with van der Waals surface area (Å²) in [5.74, 6) is -0.820. The molecule has 2 heterocycles. The van der Waals surface area contributed by atoms with Crippen molar-refractivity contribution in [3.63, 3.8) is 0 Å². The van der Waals surface area contributed by atoms with E-state index in [4.69, 9.17) is 21.3 Å². The van der Waals surface area contributed by atoms with Crippen LogP contribution in [-0.4, -0.2) is 27.9 Å². The van der Waals surface area contributed by atoms with Crippen molar-refractivity contribution in [3.8, 4) is 16.9 Å². The fraction of sp³-hybridized carbons (Fsp3) is 0.129. The predicted molar refractivity (Wildman–Crippen MR) is 147 cm³/mol. The molecule has 0 saturated carbocycles. The summed E-state index contributed by atoms with van der Waals surface area (Å²) < 4.78 is 7.63. The predicted octanol–water partition coefficient (Wildman–Crippen LogP) is 7.31. The molecule has 0 radical (unpaired) electrons. The minimum Gasteiger partial charge on any atom is -0.454 e. The van der Waals surface area contributed by atoms with E-state index in [2.05, 4.69) is 0 Å². The highest BCUT2D eigenvalue weighted by molar-refractivity contribution is 6.30. The van der Waals surface area contributed by atoms with Crippen molar-refractivity contribution >= 4 is 34.3 Å². The minimum atomic E-state index is -0.565. The lowest BCUT2D eigenvalue weighted by Crippen LogP contribution is -2.16. The average Bonchev–Trinajstić information content (AvgIpc) is 3.20. The van der Waals surface area contributed by atoms with Gasteiger partial charge in [0.25, 0.3) is 0 Å². The lowest BCUT2D eigenvalue weighted by molar-refractivity contribution is 0.0475. The van der Waals surface area contributed by atoms with Crippen LogP contribution in [0.5, 0.6) is 0 Å². The van der Waals surface area contributed by atoms with Crippen LogP contribution in [0.3, 0.4) is 0 Å². The third-order valence-electron chi connectivity index (χ3n) is 6.52. The third kappa shape index (κ3) is 4.66. The molecule has 184 valence electrons. The number of esters is 1. The zero-order valence-electron chi connectivity index (χ0n) is 20.8. The van der Waals surface area contributed by atoms with E-state index in [1.165, 1.54) is 0 Å². The van der Waals surface area contributed by atoms with Crippen LogP contribution >= 0.6 is 11.6 Å². The summed E-state index contributed by atoms with van der Waals surface area (Å²) in [5.41, 5.74) is 6.40. The van der Waals surface area contributed by atoms with Crippen LogP contribution in [0.4, 0.5) is 0 Å². The molecular formula is C31H25ClN2O3. The molecule has 6 heteroatoms. The van der Waals surface area contributed by atoms with Crippen LogP contribution in [0.2, 0.25) is 5.02 Å². The van der Waals surface area contributed by atoms with E-state index in [0.717, 1.165) is 22.6 Å². The molecule has 3 aromatic carbocycles. The van der Waals surface area contributed by atoms with Crippen LogP contribution in [0.1, 0.15) is 37.7 Å². The molecule has 0 spiro atoms. The molecule has 0 aliphatic rings. The number of Topliss-reactive ketones (excluding diaryl/α,β-unsaturated/α-hetero) is 1. The molecular weight excluding hydrogens is 484 g/mol. The van der Waals surface area contributed by atoms with Crippen molar-refractivity contribution in [2.75, 3.05) is 6.61 Å². The fourth-order valence-electron chi connectivity index (χ4n) is 4.79. The number of carbonyl (C=O) groups excluding carboxylic acids is 2. The number of ether oxygens (including phenoxy) is 1. The number of rotatable bonds is 6. The molecule has 0 aliphatic heterocycles. The maximum Gasteiger partial charge on any atom is 0.339 e. The second kappa shape index (κ2) is 10.0. The first-order chi connectivity index (χ1) is 17.8. The Morgan fingerprint density at radius 3 is 2.38 bits per heavy atom. The maximum absolute atomic E-state index is 13.4. The largest absolute Gasteiger partial charge is 0.454 e. The zero-order chi connectivity index (χ0) is 26.1. The van der Waals surface area contributed by atoms with Gasteiger partial charge in [-0.2, -0.15) is 0 Å². The Labute approximate surface area is 220 Å². The maximum atomic E-state index is 13.4. The molecule has 37 heavy (non-hydrogen) atoms. The molecule has 0 saturated heterocycles. The summed E-state index contributed by atoms with van der Waals surface area (Å²) in [6, 6.07) is 26.4. The third-order valence-corrected chi connectivity index (χ3v) is 6.75. The lowest BCUT2D eigenvalue weighted by atomic mass is 9.98. The van der Waals surface area contributed by atoms with Crippen molar-refractivity contribution in [1.82, 2.24) is 9.55 Å². The molecule has 5 aromatic rings. The number of halogens is 1. The number of nitrogens with zero attached hydrogens (tertiary/aromatic N) is 2. The van der Waals surface area contributed by atoms with Gasteiger partial charge in [-0.25, -0.2) is 9.78 Å². The average molecular weight is 509 g/mol. The number of carbonyl (C=O) groups is 2. The molecule has 0 fully saturated rings. The number of fused-ring (bicyclic) bond motifs is 1. The van der Waals surface area contributed by atoms with Gasteiger partial charge in [0.15, 0.2) is 6.61 Å². The molecule has 5 nitrogen and oxygen atoms in total. The van der Waals surface area contributed by atoms with E-state index in [-0.39, 0.29) is 12.4 Å². The lowest BCUT2D eigenvalue weighted by Gasteiger charge is -2.14. The van der Waals surface area contributed by atoms with Crippen LogP contribution in [0.25, 0.3) is 27.8 Å². The summed E-state index contributed by atoms with van der Waals surface area (Å²) in [6.45, 7) is 5.32. The Kier molecular flexibility index (Phi) is 6.64.